The lowest BCUT2D eigenvalue weighted by atomic mass is 10.2. The molecule has 0 aromatic carbocycles. The number of carbonyl (C=O) groups excluding carboxylic acids is 1. The van der Waals surface area contributed by atoms with Crippen LogP contribution in [0.3, 0.4) is 0 Å². The number of fused-ring (bicyclic) bond motifs is 1. The molecule has 12 heavy (non-hydrogen) atoms. The first kappa shape index (κ1) is 7.03. The van der Waals surface area contributed by atoms with Crippen LogP contribution in [0.1, 0.15) is 5.56 Å². The Labute approximate surface area is 70.1 Å². The molecule has 0 spiro atoms. The van der Waals surface area contributed by atoms with Gasteiger partial charge in [0.05, 0.1) is 11.9 Å². The number of nitrogens with one attached hydrogen (secondary N) is 1. The Morgan fingerprint density at radius 1 is 1.50 bits per heavy atom. The monoisotopic (exact) mass is 160 g/mol. The fourth-order valence-electron chi connectivity index (χ4n) is 1.18. The normalized spacial score (nSPS) is 14.8. The molecule has 2 heterocycles. The van der Waals surface area contributed by atoms with Gasteiger partial charge in [-0.1, -0.05) is 6.08 Å². The Hall–Kier alpha value is -1.64. The van der Waals surface area contributed by atoms with Crippen LogP contribution < -0.4 is 5.32 Å². The molecule has 0 unspecified atom stereocenters. The minimum Gasteiger partial charge on any atom is -0.321 e. The Kier molecular flexibility index (Phi) is 1.63. The minimum absolute atomic E-state index is 0.0817. The maximum absolute atomic E-state index is 11.0. The number of amides is 1. The third-order valence-corrected chi connectivity index (χ3v) is 1.78. The van der Waals surface area contributed by atoms with E-state index in [0.717, 1.165) is 17.7 Å². The van der Waals surface area contributed by atoms with Crippen LogP contribution >= 0.6 is 0 Å². The zero-order chi connectivity index (χ0) is 8.39. The van der Waals surface area contributed by atoms with E-state index in [0.29, 0.717) is 0 Å². The number of allylic oxidation sites excluding steroid dienone is 1. The molecule has 0 radical (unpaired) electrons. The standard InChI is InChI=1S/C9H8N2O/c12-9-3-1-2-7-4-5-10-6-8(7)11-9/h1,3-6H,2H2,(H,11,12). The lowest BCUT2D eigenvalue weighted by Gasteiger charge is -2.03. The van der Waals surface area contributed by atoms with Crippen molar-refractivity contribution in [1.29, 1.82) is 0 Å². The molecule has 1 aliphatic heterocycles. The molecule has 2 rings (SSSR count). The summed E-state index contributed by atoms with van der Waals surface area (Å²) in [6.45, 7) is 0. The number of pyridine rings is 1. The summed E-state index contributed by atoms with van der Waals surface area (Å²) >= 11 is 0. The summed E-state index contributed by atoms with van der Waals surface area (Å²) < 4.78 is 0. The molecule has 1 aliphatic rings. The molecule has 0 bridgehead atoms. The molecule has 0 saturated carbocycles. The van der Waals surface area contributed by atoms with Crippen molar-refractivity contribution in [3.8, 4) is 0 Å². The fourth-order valence-corrected chi connectivity index (χ4v) is 1.18. The van der Waals surface area contributed by atoms with E-state index in [9.17, 15) is 4.79 Å². The van der Waals surface area contributed by atoms with Crippen LogP contribution in [0.2, 0.25) is 0 Å². The molecule has 1 aromatic heterocycles. The Morgan fingerprint density at radius 2 is 2.42 bits per heavy atom. The largest absolute Gasteiger partial charge is 0.321 e. The number of anilines is 1. The van der Waals surface area contributed by atoms with E-state index in [1.807, 2.05) is 12.1 Å². The number of carbonyl (C=O) groups is 1. The number of rotatable bonds is 0. The molecular formula is C9H8N2O. The van der Waals surface area contributed by atoms with E-state index >= 15 is 0 Å². The highest BCUT2D eigenvalue weighted by Crippen LogP contribution is 2.16. The highest BCUT2D eigenvalue weighted by molar-refractivity contribution is 6.00. The zero-order valence-corrected chi connectivity index (χ0v) is 6.45. The summed E-state index contributed by atoms with van der Waals surface area (Å²) in [5.41, 5.74) is 1.92. The molecule has 0 fully saturated rings. The van der Waals surface area contributed by atoms with E-state index < -0.39 is 0 Å². The molecular weight excluding hydrogens is 152 g/mol. The number of hydrogen-bond donors (Lipinski definition) is 1. The summed E-state index contributed by atoms with van der Waals surface area (Å²) in [4.78, 5) is 15.0. The highest BCUT2D eigenvalue weighted by atomic mass is 16.1. The van der Waals surface area contributed by atoms with Gasteiger partial charge in [0.15, 0.2) is 0 Å². The molecule has 0 saturated heterocycles. The molecule has 1 amide bonds. The lowest BCUT2D eigenvalue weighted by molar-refractivity contribution is -0.111. The van der Waals surface area contributed by atoms with E-state index in [2.05, 4.69) is 10.3 Å². The quantitative estimate of drug-likeness (QED) is 0.618. The van der Waals surface area contributed by atoms with Gasteiger partial charge >= 0.3 is 0 Å². The van der Waals surface area contributed by atoms with Crippen molar-refractivity contribution in [2.75, 3.05) is 5.32 Å². The molecule has 60 valence electrons. The second-order valence-electron chi connectivity index (χ2n) is 2.63. The van der Waals surface area contributed by atoms with Crippen molar-refractivity contribution < 1.29 is 4.79 Å². The number of nitrogens with zero attached hydrogens (tertiary/aromatic N) is 1. The Balaban J connectivity index is 2.44. The van der Waals surface area contributed by atoms with Gasteiger partial charge in [0, 0.05) is 6.20 Å². The first-order valence-corrected chi connectivity index (χ1v) is 3.77. The second-order valence-corrected chi connectivity index (χ2v) is 2.63. The van der Waals surface area contributed by atoms with Crippen molar-refractivity contribution in [3.63, 3.8) is 0 Å². The van der Waals surface area contributed by atoms with Crippen LogP contribution in [0.4, 0.5) is 5.69 Å². The van der Waals surface area contributed by atoms with E-state index in [4.69, 9.17) is 0 Å². The SMILES string of the molecule is O=C1C=CCc2ccncc2N1. The van der Waals surface area contributed by atoms with Crippen molar-refractivity contribution in [3.05, 3.63) is 36.2 Å². The van der Waals surface area contributed by atoms with Crippen LogP contribution in [0.25, 0.3) is 0 Å². The first-order chi connectivity index (χ1) is 5.86. The van der Waals surface area contributed by atoms with Gasteiger partial charge in [-0.15, -0.1) is 0 Å². The molecule has 1 aromatic rings. The molecule has 3 heteroatoms. The van der Waals surface area contributed by atoms with Gasteiger partial charge in [0.25, 0.3) is 0 Å². The lowest BCUT2D eigenvalue weighted by Crippen LogP contribution is -2.07. The van der Waals surface area contributed by atoms with Crippen LogP contribution in [-0.4, -0.2) is 10.9 Å². The Morgan fingerprint density at radius 3 is 3.33 bits per heavy atom. The molecule has 3 nitrogen and oxygen atoms in total. The highest BCUT2D eigenvalue weighted by Gasteiger charge is 2.06. The van der Waals surface area contributed by atoms with Gasteiger partial charge in [-0.25, -0.2) is 0 Å². The van der Waals surface area contributed by atoms with Crippen LogP contribution in [-0.2, 0) is 11.2 Å². The third kappa shape index (κ3) is 1.21. The smallest absolute Gasteiger partial charge is 0.248 e. The van der Waals surface area contributed by atoms with E-state index in [1.54, 1.807) is 18.5 Å². The average Bonchev–Trinajstić information content (AvgIpc) is 2.25. The second kappa shape index (κ2) is 2.77. The summed E-state index contributed by atoms with van der Waals surface area (Å²) in [5.74, 6) is -0.0817. The van der Waals surface area contributed by atoms with Gasteiger partial charge < -0.3 is 5.32 Å². The van der Waals surface area contributed by atoms with Crippen LogP contribution in [0.5, 0.6) is 0 Å². The first-order valence-electron chi connectivity index (χ1n) is 3.77. The predicted molar refractivity (Wildman–Crippen MR) is 45.7 cm³/mol. The summed E-state index contributed by atoms with van der Waals surface area (Å²) in [6, 6.07) is 1.91. The molecule has 0 atom stereocenters. The summed E-state index contributed by atoms with van der Waals surface area (Å²) in [7, 11) is 0. The Bertz CT molecular complexity index is 344. The molecule has 0 aliphatic carbocycles. The van der Waals surface area contributed by atoms with Gasteiger partial charge in [-0.3, -0.25) is 9.78 Å². The number of hydrogen-bond acceptors (Lipinski definition) is 2. The fraction of sp³-hybridized carbons (Fsp3) is 0.111. The van der Waals surface area contributed by atoms with Gasteiger partial charge in [0.1, 0.15) is 0 Å². The van der Waals surface area contributed by atoms with Gasteiger partial charge in [-0.05, 0) is 24.1 Å². The molecule has 1 N–H and O–H groups in total. The maximum Gasteiger partial charge on any atom is 0.248 e. The predicted octanol–water partition coefficient (Wildman–Crippen LogP) is 1.13. The van der Waals surface area contributed by atoms with E-state index in [1.165, 1.54) is 0 Å². The minimum atomic E-state index is -0.0817. The maximum atomic E-state index is 11.0. The number of aromatic nitrogens is 1. The summed E-state index contributed by atoms with van der Waals surface area (Å²) in [5, 5.41) is 2.73. The summed E-state index contributed by atoms with van der Waals surface area (Å²) in [6.07, 6.45) is 7.57. The van der Waals surface area contributed by atoms with Crippen molar-refractivity contribution >= 4 is 11.6 Å². The van der Waals surface area contributed by atoms with Crippen molar-refractivity contribution in [1.82, 2.24) is 4.98 Å². The topological polar surface area (TPSA) is 42.0 Å². The average molecular weight is 160 g/mol. The zero-order valence-electron chi connectivity index (χ0n) is 6.45. The van der Waals surface area contributed by atoms with Crippen molar-refractivity contribution in [2.45, 2.75) is 6.42 Å². The van der Waals surface area contributed by atoms with Crippen LogP contribution in [0, 0.1) is 0 Å². The van der Waals surface area contributed by atoms with Gasteiger partial charge in [-0.2, -0.15) is 0 Å². The van der Waals surface area contributed by atoms with E-state index in [-0.39, 0.29) is 5.91 Å². The van der Waals surface area contributed by atoms with Crippen molar-refractivity contribution in [2.24, 2.45) is 0 Å². The van der Waals surface area contributed by atoms with Gasteiger partial charge in [0.2, 0.25) is 5.91 Å². The van der Waals surface area contributed by atoms with Crippen LogP contribution in [0.15, 0.2) is 30.6 Å². The third-order valence-electron chi connectivity index (χ3n) is 1.78.